The number of carbonyl (C=O) groups is 1. The molecule has 1 saturated carbocycles. The van der Waals surface area contributed by atoms with Gasteiger partial charge >= 0.3 is 5.97 Å². The van der Waals surface area contributed by atoms with Gasteiger partial charge in [-0.3, -0.25) is 9.88 Å². The lowest BCUT2D eigenvalue weighted by Crippen LogP contribution is -2.49. The van der Waals surface area contributed by atoms with Crippen molar-refractivity contribution in [3.63, 3.8) is 0 Å². The number of esters is 1. The highest BCUT2D eigenvalue weighted by atomic mass is 79.9. The Kier molecular flexibility index (Phi) is 6.58. The fourth-order valence-corrected chi connectivity index (χ4v) is 6.81. The molecule has 2 fully saturated rings. The first-order chi connectivity index (χ1) is 18.8. The first-order valence-corrected chi connectivity index (χ1v) is 13.9. The number of ether oxygens (including phenoxy) is 2. The average Bonchev–Trinajstić information content (AvgIpc) is 3.55. The summed E-state index contributed by atoms with van der Waals surface area (Å²) in [7, 11) is 3.22. The molecule has 3 aromatic heterocycles. The van der Waals surface area contributed by atoms with E-state index in [0.717, 1.165) is 59.2 Å². The van der Waals surface area contributed by atoms with Gasteiger partial charge in [-0.15, -0.1) is 0 Å². The molecular weight excluding hydrogens is 562 g/mol. The van der Waals surface area contributed by atoms with Crippen LogP contribution in [0.1, 0.15) is 35.3 Å². The van der Waals surface area contributed by atoms with E-state index in [9.17, 15) is 4.79 Å². The van der Waals surface area contributed by atoms with Crippen molar-refractivity contribution in [2.75, 3.05) is 39.1 Å². The van der Waals surface area contributed by atoms with E-state index in [1.165, 1.54) is 13.5 Å². The molecule has 0 spiro atoms. The molecule has 2 atom stereocenters. The number of piperidine rings is 1. The molecule has 1 aliphatic heterocycles. The number of carbonyl (C=O) groups excluding carboxylic acids is 1. The topological polar surface area (TPSA) is 113 Å². The molecule has 10 nitrogen and oxygen atoms in total. The van der Waals surface area contributed by atoms with Gasteiger partial charge in [0.05, 0.1) is 46.7 Å². The molecule has 4 heterocycles. The molecule has 39 heavy (non-hydrogen) atoms. The normalized spacial score (nSPS) is 21.0. The van der Waals surface area contributed by atoms with Crippen molar-refractivity contribution >= 4 is 38.9 Å². The van der Waals surface area contributed by atoms with Gasteiger partial charge in [-0.25, -0.2) is 14.5 Å². The van der Waals surface area contributed by atoms with Crippen LogP contribution in [0.3, 0.4) is 0 Å². The third-order valence-electron chi connectivity index (χ3n) is 8.02. The molecular formula is C28H32BrN7O3. The number of benzene rings is 1. The van der Waals surface area contributed by atoms with Crippen molar-refractivity contribution in [2.45, 2.75) is 31.7 Å². The predicted octanol–water partition coefficient (Wildman–Crippen LogP) is 4.16. The van der Waals surface area contributed by atoms with Crippen molar-refractivity contribution in [2.24, 2.45) is 13.0 Å². The third-order valence-corrected chi connectivity index (χ3v) is 8.51. The Morgan fingerprint density at radius 1 is 1.26 bits per heavy atom. The van der Waals surface area contributed by atoms with Crippen molar-refractivity contribution in [1.29, 1.82) is 0 Å². The van der Waals surface area contributed by atoms with Crippen molar-refractivity contribution in [3.05, 3.63) is 52.3 Å². The third kappa shape index (κ3) is 4.67. The van der Waals surface area contributed by atoms with E-state index in [1.807, 2.05) is 26.1 Å². The van der Waals surface area contributed by atoms with E-state index in [2.05, 4.69) is 46.5 Å². The van der Waals surface area contributed by atoms with Gasteiger partial charge in [0.15, 0.2) is 0 Å². The molecule has 2 bridgehead atoms. The standard InChI is InChI=1S/C28H32BrN7O3/c1-17-10-19(26(37)38-3)11-23(32-17)21-14-31-34(2)25(21)39-9-8-35-15-18-6-7-28(13-18,16-35)36-24-12-20(29)4-5-22(24)33-27(36)30/h4-5,10-12,14,18H,6-9,13,15-16H2,1-3H3,(H2,30,33). The lowest BCUT2D eigenvalue weighted by molar-refractivity contribution is 0.0600. The van der Waals surface area contributed by atoms with Gasteiger partial charge in [0.1, 0.15) is 6.61 Å². The zero-order valence-corrected chi connectivity index (χ0v) is 23.9. The maximum absolute atomic E-state index is 12.1. The number of imidazole rings is 1. The van der Waals surface area contributed by atoms with Gasteiger partial charge in [0.2, 0.25) is 11.8 Å². The summed E-state index contributed by atoms with van der Waals surface area (Å²) in [4.78, 5) is 23.9. The average molecular weight is 595 g/mol. The molecule has 0 amide bonds. The molecule has 1 aliphatic carbocycles. The summed E-state index contributed by atoms with van der Waals surface area (Å²) in [6, 6.07) is 9.58. The van der Waals surface area contributed by atoms with Gasteiger partial charge in [0.25, 0.3) is 0 Å². The number of methoxy groups -OCH3 is 1. The summed E-state index contributed by atoms with van der Waals surface area (Å²) < 4.78 is 16.2. The number of hydrogen-bond acceptors (Lipinski definition) is 8. The summed E-state index contributed by atoms with van der Waals surface area (Å²) >= 11 is 3.62. The second kappa shape index (κ2) is 9.95. The van der Waals surface area contributed by atoms with Crippen LogP contribution >= 0.6 is 15.9 Å². The number of aromatic nitrogens is 5. The number of likely N-dealkylation sites (tertiary alicyclic amines) is 1. The number of aryl methyl sites for hydroxylation is 2. The van der Waals surface area contributed by atoms with Gasteiger partial charge in [-0.2, -0.15) is 5.10 Å². The number of rotatable bonds is 7. The SMILES string of the molecule is COC(=O)c1cc(C)nc(-c2cnn(C)c2OCCN2CC3CCC(n4c(N)nc5ccc(Br)cc54)(C3)C2)c1. The van der Waals surface area contributed by atoms with Crippen LogP contribution in [0.5, 0.6) is 5.88 Å². The summed E-state index contributed by atoms with van der Waals surface area (Å²) in [6.07, 6.45) is 5.10. The molecule has 1 aromatic carbocycles. The molecule has 2 aliphatic rings. The fourth-order valence-electron chi connectivity index (χ4n) is 6.46. The number of nitrogens with two attached hydrogens (primary N) is 1. The first kappa shape index (κ1) is 25.8. The van der Waals surface area contributed by atoms with Crippen LogP contribution in [0, 0.1) is 12.8 Å². The van der Waals surface area contributed by atoms with Crippen LogP contribution < -0.4 is 10.5 Å². The van der Waals surface area contributed by atoms with Gasteiger partial charge < -0.3 is 19.8 Å². The summed E-state index contributed by atoms with van der Waals surface area (Å²) in [6.45, 7) is 5.06. The highest BCUT2D eigenvalue weighted by molar-refractivity contribution is 9.10. The highest BCUT2D eigenvalue weighted by Gasteiger charge is 2.47. The summed E-state index contributed by atoms with van der Waals surface area (Å²) in [5, 5.41) is 4.40. The Morgan fingerprint density at radius 2 is 2.10 bits per heavy atom. The number of anilines is 1. The Labute approximate surface area is 235 Å². The Balaban J connectivity index is 1.20. The van der Waals surface area contributed by atoms with Crippen LogP contribution in [-0.4, -0.2) is 68.5 Å². The number of halogens is 1. The molecule has 11 heteroatoms. The minimum Gasteiger partial charge on any atom is -0.476 e. The van der Waals surface area contributed by atoms with Crippen LogP contribution in [0.15, 0.2) is 41.0 Å². The maximum atomic E-state index is 12.1. The monoisotopic (exact) mass is 593 g/mol. The van der Waals surface area contributed by atoms with E-state index in [0.29, 0.717) is 35.6 Å². The van der Waals surface area contributed by atoms with Gasteiger partial charge in [-0.1, -0.05) is 15.9 Å². The van der Waals surface area contributed by atoms with Crippen molar-refractivity contribution < 1.29 is 14.3 Å². The zero-order chi connectivity index (χ0) is 27.3. The quantitative estimate of drug-likeness (QED) is 0.318. The summed E-state index contributed by atoms with van der Waals surface area (Å²) in [5.74, 6) is 1.41. The Hall–Kier alpha value is -3.44. The van der Waals surface area contributed by atoms with E-state index in [1.54, 1.807) is 23.0 Å². The van der Waals surface area contributed by atoms with Crippen molar-refractivity contribution in [3.8, 4) is 17.1 Å². The molecule has 2 N–H and O–H groups in total. The molecule has 2 unspecified atom stereocenters. The van der Waals surface area contributed by atoms with Crippen LogP contribution in [0.4, 0.5) is 5.95 Å². The number of pyridine rings is 1. The summed E-state index contributed by atoms with van der Waals surface area (Å²) in [5.41, 5.74) is 11.0. The van der Waals surface area contributed by atoms with E-state index >= 15 is 0 Å². The van der Waals surface area contributed by atoms with E-state index in [-0.39, 0.29) is 5.54 Å². The van der Waals surface area contributed by atoms with Crippen molar-refractivity contribution in [1.82, 2.24) is 29.2 Å². The molecule has 0 radical (unpaired) electrons. The second-order valence-corrected chi connectivity index (χ2v) is 11.6. The van der Waals surface area contributed by atoms with Crippen LogP contribution in [-0.2, 0) is 17.3 Å². The van der Waals surface area contributed by atoms with Crippen LogP contribution in [0.25, 0.3) is 22.3 Å². The lowest BCUT2D eigenvalue weighted by atomic mass is 9.90. The minimum absolute atomic E-state index is 0.0734. The predicted molar refractivity (Wildman–Crippen MR) is 152 cm³/mol. The fraction of sp³-hybridized carbons (Fsp3) is 0.429. The molecule has 4 aromatic rings. The lowest BCUT2D eigenvalue weighted by Gasteiger charge is -2.42. The molecule has 1 saturated heterocycles. The molecule has 6 rings (SSSR count). The largest absolute Gasteiger partial charge is 0.476 e. The van der Waals surface area contributed by atoms with Gasteiger partial charge in [0, 0.05) is 36.8 Å². The second-order valence-electron chi connectivity index (χ2n) is 10.7. The minimum atomic E-state index is -0.402. The van der Waals surface area contributed by atoms with E-state index in [4.69, 9.17) is 15.2 Å². The van der Waals surface area contributed by atoms with Gasteiger partial charge in [-0.05, 0) is 62.4 Å². The number of fused-ring (bicyclic) bond motifs is 3. The maximum Gasteiger partial charge on any atom is 0.337 e. The highest BCUT2D eigenvalue weighted by Crippen LogP contribution is 2.47. The molecule has 204 valence electrons. The number of nitrogens with zero attached hydrogens (tertiary/aromatic N) is 6. The first-order valence-electron chi connectivity index (χ1n) is 13.1. The zero-order valence-electron chi connectivity index (χ0n) is 22.4. The van der Waals surface area contributed by atoms with E-state index < -0.39 is 5.97 Å². The number of hydrogen-bond donors (Lipinski definition) is 1. The number of nitrogen functional groups attached to an aromatic ring is 1. The smallest absolute Gasteiger partial charge is 0.337 e. The Morgan fingerprint density at radius 3 is 2.92 bits per heavy atom. The Bertz CT molecular complexity index is 1560. The van der Waals surface area contributed by atoms with Crippen LogP contribution in [0.2, 0.25) is 0 Å².